The smallest absolute Gasteiger partial charge is 0.333 e. The number of hydrogen-bond acceptors (Lipinski definition) is 3. The normalized spacial score (nSPS) is 15.3. The van der Waals surface area contributed by atoms with Crippen LogP contribution in [0.3, 0.4) is 0 Å². The van der Waals surface area contributed by atoms with Crippen molar-refractivity contribution in [2.75, 3.05) is 9.71 Å². The van der Waals surface area contributed by atoms with E-state index in [2.05, 4.69) is 307 Å². The van der Waals surface area contributed by atoms with Gasteiger partial charge in [-0.05, 0) is 196 Å². The van der Waals surface area contributed by atoms with Crippen molar-refractivity contribution in [2.24, 2.45) is 0 Å². The molecular formula is C82H78BN3O. The summed E-state index contributed by atoms with van der Waals surface area (Å²) in [6, 6.07) is 70.9. The Morgan fingerprint density at radius 2 is 0.989 bits per heavy atom. The Balaban J connectivity index is 1.02. The first kappa shape index (κ1) is 53.9. The van der Waals surface area contributed by atoms with Crippen molar-refractivity contribution in [3.05, 3.63) is 226 Å². The first-order valence-corrected chi connectivity index (χ1v) is 31.7. The van der Waals surface area contributed by atoms with E-state index in [4.69, 9.17) is 4.42 Å². The van der Waals surface area contributed by atoms with E-state index in [-0.39, 0.29) is 39.3 Å². The number of nitrogens with zero attached hydrogens (tertiary/aromatic N) is 3. The van der Waals surface area contributed by atoms with Crippen LogP contribution in [0, 0.1) is 0 Å². The van der Waals surface area contributed by atoms with Crippen LogP contribution in [0.2, 0.25) is 0 Å². The van der Waals surface area contributed by atoms with E-state index in [1.54, 1.807) is 0 Å². The van der Waals surface area contributed by atoms with Gasteiger partial charge in [0.05, 0.1) is 11.0 Å². The Kier molecular flexibility index (Phi) is 10.9. The van der Waals surface area contributed by atoms with Crippen LogP contribution in [-0.4, -0.2) is 11.4 Å². The van der Waals surface area contributed by atoms with Gasteiger partial charge in [0.15, 0.2) is 0 Å². The third-order valence-corrected chi connectivity index (χ3v) is 20.8. The van der Waals surface area contributed by atoms with Crippen molar-refractivity contribution in [3.8, 4) is 39.1 Å². The minimum atomic E-state index is -0.363. The predicted molar refractivity (Wildman–Crippen MR) is 372 cm³/mol. The SMILES string of the molecule is CC(C)(C)c1ccc(N2B3c4cc5oc6ccccc6c5cc4-n4c5ccc(C(C)(C)C)cc5c5c6c(c(c3c54)-c3cc4c(cc32)C(C)(C)c2cc(N(c3ccc(C(C)(C)C)cc3)c3ccc(C(C)(C)C)cc3)ccc2-4)-c2ccccc2C6(C)C)cc1. The molecule has 4 heterocycles. The van der Waals surface area contributed by atoms with Crippen molar-refractivity contribution >= 4 is 90.0 Å². The molecule has 10 aromatic carbocycles. The monoisotopic (exact) mass is 1130 g/mol. The molecule has 2 aliphatic carbocycles. The Morgan fingerprint density at radius 1 is 0.414 bits per heavy atom. The van der Waals surface area contributed by atoms with Crippen LogP contribution in [-0.2, 0) is 32.5 Å². The van der Waals surface area contributed by atoms with Crippen molar-refractivity contribution < 1.29 is 4.42 Å². The summed E-state index contributed by atoms with van der Waals surface area (Å²) in [4.78, 5) is 5.21. The number of hydrogen-bond donors (Lipinski definition) is 0. The molecule has 430 valence electrons. The molecule has 2 aromatic heterocycles. The van der Waals surface area contributed by atoms with Crippen LogP contribution >= 0.6 is 0 Å². The fourth-order valence-corrected chi connectivity index (χ4v) is 16.0. The number of para-hydroxylation sites is 1. The first-order chi connectivity index (χ1) is 41.2. The third-order valence-electron chi connectivity index (χ3n) is 20.8. The van der Waals surface area contributed by atoms with E-state index in [0.29, 0.717) is 0 Å². The van der Waals surface area contributed by atoms with Crippen molar-refractivity contribution in [2.45, 2.75) is 143 Å². The molecular weight excluding hydrogens is 1050 g/mol. The Morgan fingerprint density at radius 3 is 1.63 bits per heavy atom. The highest BCUT2D eigenvalue weighted by Gasteiger charge is 2.51. The van der Waals surface area contributed by atoms with Crippen molar-refractivity contribution in [3.63, 3.8) is 0 Å². The molecule has 0 atom stereocenters. The number of benzene rings is 10. The summed E-state index contributed by atoms with van der Waals surface area (Å²) in [7, 11) is 0. The largest absolute Gasteiger partial charge is 0.456 e. The number of anilines is 5. The standard InChI is InChI=1S/C82H78BN3O/c1-77(2,3)47-25-32-51(33-26-47)84(52-34-27-48(28-35-52)78(4,5)6)54-38-39-55-58-43-61-67(45-64(58)81(13,14)63(55)42-54)86(53-36-29-49(30-37-53)79(7,8)9)83-65-46-70-59(56-21-18-20-24-69(56)87-70)44-68(65)85-66-40-31-50(80(10,11)12)41-60(66)73-74-71(72(61)75(83)76(73)85)57-22-17-19-23-62(57)82(74,15)16/h17-46H,1-16H3. The van der Waals surface area contributed by atoms with Crippen LogP contribution in [0.25, 0.3) is 82.8 Å². The summed E-state index contributed by atoms with van der Waals surface area (Å²) in [6.07, 6.45) is 0. The molecule has 0 saturated carbocycles. The van der Waals surface area contributed by atoms with Crippen LogP contribution < -0.4 is 20.6 Å². The Labute approximate surface area is 514 Å². The zero-order valence-corrected chi connectivity index (χ0v) is 53.6. The van der Waals surface area contributed by atoms with E-state index in [1.807, 2.05) is 0 Å². The maximum atomic E-state index is 6.97. The molecule has 16 rings (SSSR count). The summed E-state index contributed by atoms with van der Waals surface area (Å²) in [6.45, 7) is 37.5. The summed E-state index contributed by atoms with van der Waals surface area (Å²) in [5.74, 6) is 0. The zero-order chi connectivity index (χ0) is 60.6. The Bertz CT molecular complexity index is 4880. The average Bonchev–Trinajstić information content (AvgIpc) is 1.54. The molecule has 0 saturated heterocycles. The number of aromatic nitrogens is 1. The van der Waals surface area contributed by atoms with E-state index >= 15 is 0 Å². The second-order valence-electron chi connectivity index (χ2n) is 31.0. The highest BCUT2D eigenvalue weighted by molar-refractivity contribution is 6.94. The number of rotatable bonds is 4. The van der Waals surface area contributed by atoms with Gasteiger partial charge in [-0.1, -0.05) is 202 Å². The quantitative estimate of drug-likeness (QED) is 0.164. The molecule has 0 spiro atoms. The number of fused-ring (bicyclic) bond motifs is 19. The minimum Gasteiger partial charge on any atom is -0.456 e. The van der Waals surface area contributed by atoms with Gasteiger partial charge in [0.25, 0.3) is 0 Å². The Hall–Kier alpha value is -8.54. The van der Waals surface area contributed by atoms with Gasteiger partial charge in [0.1, 0.15) is 11.2 Å². The fraction of sp³-hybridized carbons (Fsp3) is 0.268. The second kappa shape index (κ2) is 17.6. The average molecular weight is 1130 g/mol. The third kappa shape index (κ3) is 7.57. The van der Waals surface area contributed by atoms with Crippen LogP contribution in [0.5, 0.6) is 0 Å². The summed E-state index contributed by atoms with van der Waals surface area (Å²) in [5.41, 5.74) is 32.1. The second-order valence-corrected chi connectivity index (χ2v) is 31.0. The molecule has 0 unspecified atom stereocenters. The summed E-state index contributed by atoms with van der Waals surface area (Å²) < 4.78 is 9.65. The van der Waals surface area contributed by atoms with Gasteiger partial charge in [0, 0.05) is 72.1 Å². The van der Waals surface area contributed by atoms with Crippen molar-refractivity contribution in [1.82, 2.24) is 4.57 Å². The van der Waals surface area contributed by atoms with Crippen LogP contribution in [0.15, 0.2) is 186 Å². The molecule has 0 bridgehead atoms. The van der Waals surface area contributed by atoms with E-state index in [1.165, 1.54) is 128 Å². The molecule has 4 nitrogen and oxygen atoms in total. The lowest BCUT2D eigenvalue weighted by molar-refractivity contribution is 0.590. The zero-order valence-electron chi connectivity index (χ0n) is 53.6. The van der Waals surface area contributed by atoms with Gasteiger partial charge < -0.3 is 18.7 Å². The molecule has 2 aliphatic heterocycles. The van der Waals surface area contributed by atoms with Gasteiger partial charge in [-0.25, -0.2) is 0 Å². The predicted octanol–water partition coefficient (Wildman–Crippen LogP) is 21.2. The maximum absolute atomic E-state index is 6.97. The lowest BCUT2D eigenvalue weighted by Crippen LogP contribution is -2.60. The molecule has 12 aromatic rings. The van der Waals surface area contributed by atoms with Gasteiger partial charge >= 0.3 is 6.85 Å². The van der Waals surface area contributed by atoms with E-state index in [0.717, 1.165) is 39.0 Å². The number of furan rings is 1. The molecule has 0 fully saturated rings. The molecule has 87 heavy (non-hydrogen) atoms. The van der Waals surface area contributed by atoms with E-state index < -0.39 is 0 Å². The highest BCUT2D eigenvalue weighted by atomic mass is 16.3. The molecule has 0 amide bonds. The highest BCUT2D eigenvalue weighted by Crippen LogP contribution is 2.62. The van der Waals surface area contributed by atoms with Crippen LogP contribution in [0.1, 0.15) is 155 Å². The van der Waals surface area contributed by atoms with Gasteiger partial charge in [-0.2, -0.15) is 0 Å². The molecule has 5 heteroatoms. The fourth-order valence-electron chi connectivity index (χ4n) is 16.0. The maximum Gasteiger partial charge on any atom is 0.333 e. The van der Waals surface area contributed by atoms with E-state index in [9.17, 15) is 0 Å². The van der Waals surface area contributed by atoms with Gasteiger partial charge in [-0.3, -0.25) is 0 Å². The molecule has 0 N–H and O–H groups in total. The summed E-state index contributed by atoms with van der Waals surface area (Å²) in [5, 5.41) is 4.97. The van der Waals surface area contributed by atoms with Crippen LogP contribution in [0.4, 0.5) is 28.4 Å². The first-order valence-electron chi connectivity index (χ1n) is 31.7. The van der Waals surface area contributed by atoms with Crippen molar-refractivity contribution in [1.29, 1.82) is 0 Å². The summed E-state index contributed by atoms with van der Waals surface area (Å²) >= 11 is 0. The minimum absolute atomic E-state index is 0.0220. The topological polar surface area (TPSA) is 24.6 Å². The molecule has 4 aliphatic rings. The lowest BCUT2D eigenvalue weighted by atomic mass is 9.43. The molecule has 0 radical (unpaired) electrons. The lowest BCUT2D eigenvalue weighted by Gasteiger charge is -2.43. The van der Waals surface area contributed by atoms with Gasteiger partial charge in [0.2, 0.25) is 0 Å². The van der Waals surface area contributed by atoms with Gasteiger partial charge in [-0.15, -0.1) is 0 Å².